The molecule has 230 valence electrons. The fraction of sp³-hybridized carbons (Fsp3) is 0.269. The number of pyridine rings is 1. The molecule has 0 amide bonds. The number of carboxylic acid groups (broad SMARTS) is 2. The number of aromatic nitrogens is 4. The maximum atomic E-state index is 13.7. The Kier molecular flexibility index (Phi) is 10.6. The van der Waals surface area contributed by atoms with Crippen molar-refractivity contribution >= 4 is 23.4 Å². The number of carbonyl (C=O) groups is 2. The van der Waals surface area contributed by atoms with Crippen LogP contribution in [0.25, 0.3) is 16.9 Å². The fourth-order valence-electron chi connectivity index (χ4n) is 3.86. The van der Waals surface area contributed by atoms with E-state index >= 15 is 0 Å². The minimum Gasteiger partial charge on any atom is -0.475 e. The molecule has 0 atom stereocenters. The van der Waals surface area contributed by atoms with Crippen LogP contribution in [0.5, 0.6) is 0 Å². The summed E-state index contributed by atoms with van der Waals surface area (Å²) in [6, 6.07) is 10.7. The summed E-state index contributed by atoms with van der Waals surface area (Å²) < 4.78 is 79.1. The largest absolute Gasteiger partial charge is 0.490 e. The first kappa shape index (κ1) is 32.7. The van der Waals surface area contributed by atoms with E-state index < -0.39 is 24.3 Å². The smallest absolute Gasteiger partial charge is 0.475 e. The molecule has 0 bridgehead atoms. The van der Waals surface area contributed by atoms with Crippen LogP contribution < -0.4 is 4.90 Å². The molecule has 2 N–H and O–H groups in total. The number of fused-ring (bicyclic) bond motifs is 1. The van der Waals surface area contributed by atoms with Crippen molar-refractivity contribution in [1.82, 2.24) is 24.3 Å². The Hall–Kier alpha value is -4.80. The van der Waals surface area contributed by atoms with Crippen LogP contribution in [0, 0.1) is 5.82 Å². The van der Waals surface area contributed by atoms with Gasteiger partial charge in [0.1, 0.15) is 5.82 Å². The first-order valence-corrected chi connectivity index (χ1v) is 12.2. The lowest BCUT2D eigenvalue weighted by Gasteiger charge is -2.35. The van der Waals surface area contributed by atoms with E-state index in [4.69, 9.17) is 19.8 Å². The number of halogens is 7. The summed E-state index contributed by atoms with van der Waals surface area (Å²) >= 11 is 0. The number of imidazole rings is 1. The van der Waals surface area contributed by atoms with Gasteiger partial charge in [-0.25, -0.2) is 23.9 Å². The molecule has 0 spiro atoms. The zero-order valence-electron chi connectivity index (χ0n) is 21.9. The molecule has 43 heavy (non-hydrogen) atoms. The van der Waals surface area contributed by atoms with Gasteiger partial charge in [0.2, 0.25) is 0 Å². The normalized spacial score (nSPS) is 13.9. The van der Waals surface area contributed by atoms with Gasteiger partial charge in [-0.2, -0.15) is 26.3 Å². The molecular weight excluding hydrogens is 593 g/mol. The van der Waals surface area contributed by atoms with Crippen LogP contribution in [0.1, 0.15) is 5.56 Å². The molecule has 0 radical (unpaired) electrons. The molecule has 3 aromatic heterocycles. The second-order valence-electron chi connectivity index (χ2n) is 8.83. The van der Waals surface area contributed by atoms with Gasteiger partial charge in [-0.15, -0.1) is 0 Å². The number of nitrogens with zero attached hydrogens (tertiary/aromatic N) is 6. The average Bonchev–Trinajstić information content (AvgIpc) is 3.38. The van der Waals surface area contributed by atoms with Gasteiger partial charge in [0.05, 0.1) is 11.9 Å². The van der Waals surface area contributed by atoms with Crippen LogP contribution in [0.15, 0.2) is 67.4 Å². The molecule has 1 fully saturated rings. The number of hydrogen-bond acceptors (Lipinski definition) is 7. The van der Waals surface area contributed by atoms with Crippen molar-refractivity contribution in [2.45, 2.75) is 18.9 Å². The minimum atomic E-state index is -5.08. The molecule has 1 saturated heterocycles. The molecule has 4 aromatic rings. The number of carboxylic acids is 2. The SMILES string of the molecule is Fc1cccc(-c2cnc3c(N4CCN(Cc5cccnc5)CC4)nccn23)c1.O=C(O)C(F)(F)F.O=C(O)C(F)(F)F. The van der Waals surface area contributed by atoms with Crippen LogP contribution in [-0.4, -0.2) is 84.9 Å². The van der Waals surface area contributed by atoms with Crippen molar-refractivity contribution < 1.29 is 50.5 Å². The molecule has 4 heterocycles. The number of piperazine rings is 1. The molecule has 17 heteroatoms. The van der Waals surface area contributed by atoms with Gasteiger partial charge in [-0.1, -0.05) is 18.2 Å². The molecule has 1 aromatic carbocycles. The molecule has 0 aliphatic carbocycles. The Labute approximate surface area is 238 Å². The summed E-state index contributed by atoms with van der Waals surface area (Å²) in [6.45, 7) is 4.58. The van der Waals surface area contributed by atoms with E-state index in [2.05, 4.69) is 30.8 Å². The molecule has 0 unspecified atom stereocenters. The summed E-state index contributed by atoms with van der Waals surface area (Å²) in [7, 11) is 0. The van der Waals surface area contributed by atoms with Crippen molar-refractivity contribution in [1.29, 1.82) is 0 Å². The van der Waals surface area contributed by atoms with Gasteiger partial charge in [-0.3, -0.25) is 14.3 Å². The van der Waals surface area contributed by atoms with Crippen molar-refractivity contribution in [2.75, 3.05) is 31.1 Å². The zero-order chi connectivity index (χ0) is 31.8. The topological polar surface area (TPSA) is 124 Å². The Morgan fingerprint density at radius 2 is 1.47 bits per heavy atom. The molecule has 0 saturated carbocycles. The van der Waals surface area contributed by atoms with Crippen LogP contribution >= 0.6 is 0 Å². The lowest BCUT2D eigenvalue weighted by molar-refractivity contribution is -0.193. The second kappa shape index (κ2) is 13.9. The van der Waals surface area contributed by atoms with E-state index in [0.717, 1.165) is 55.4 Å². The summed E-state index contributed by atoms with van der Waals surface area (Å²) in [6.07, 6.45) is -0.989. The number of benzene rings is 1. The quantitative estimate of drug-likeness (QED) is 0.319. The third kappa shape index (κ3) is 9.35. The predicted molar refractivity (Wildman–Crippen MR) is 137 cm³/mol. The number of alkyl halides is 6. The zero-order valence-corrected chi connectivity index (χ0v) is 21.9. The van der Waals surface area contributed by atoms with E-state index in [0.29, 0.717) is 0 Å². The van der Waals surface area contributed by atoms with E-state index in [1.165, 1.54) is 17.7 Å². The molecule has 5 rings (SSSR count). The number of aliphatic carboxylic acids is 2. The van der Waals surface area contributed by atoms with Gasteiger partial charge < -0.3 is 15.1 Å². The lowest BCUT2D eigenvalue weighted by Crippen LogP contribution is -2.46. The maximum Gasteiger partial charge on any atom is 0.490 e. The Balaban J connectivity index is 0.000000303. The van der Waals surface area contributed by atoms with E-state index in [1.807, 2.05) is 28.9 Å². The number of hydrogen-bond donors (Lipinski definition) is 2. The van der Waals surface area contributed by atoms with Gasteiger partial charge in [0.25, 0.3) is 0 Å². The molecule has 1 aliphatic rings. The first-order chi connectivity index (χ1) is 20.2. The van der Waals surface area contributed by atoms with Gasteiger partial charge in [-0.05, 0) is 23.8 Å². The third-order valence-electron chi connectivity index (χ3n) is 5.82. The number of anilines is 1. The van der Waals surface area contributed by atoms with Gasteiger partial charge >= 0.3 is 24.3 Å². The molecule has 10 nitrogen and oxygen atoms in total. The lowest BCUT2D eigenvalue weighted by atomic mass is 10.1. The summed E-state index contributed by atoms with van der Waals surface area (Å²) in [5.41, 5.74) is 3.69. The van der Waals surface area contributed by atoms with Gasteiger partial charge in [0, 0.05) is 63.1 Å². The minimum absolute atomic E-state index is 0.253. The highest BCUT2D eigenvalue weighted by molar-refractivity contribution is 5.73. The molecular formula is C26H23F7N6O4. The highest BCUT2D eigenvalue weighted by atomic mass is 19.4. The van der Waals surface area contributed by atoms with E-state index in [9.17, 15) is 30.7 Å². The Morgan fingerprint density at radius 1 is 0.837 bits per heavy atom. The summed E-state index contributed by atoms with van der Waals surface area (Å²) in [4.78, 5) is 35.9. The number of rotatable bonds is 4. The van der Waals surface area contributed by atoms with Crippen molar-refractivity contribution in [3.8, 4) is 11.3 Å². The van der Waals surface area contributed by atoms with Crippen LogP contribution in [0.2, 0.25) is 0 Å². The van der Waals surface area contributed by atoms with Crippen molar-refractivity contribution in [3.05, 3.63) is 78.8 Å². The van der Waals surface area contributed by atoms with Crippen LogP contribution in [-0.2, 0) is 16.1 Å². The maximum absolute atomic E-state index is 13.7. The Morgan fingerprint density at radius 3 is 2.00 bits per heavy atom. The highest BCUT2D eigenvalue weighted by Crippen LogP contribution is 2.26. The van der Waals surface area contributed by atoms with Crippen LogP contribution in [0.4, 0.5) is 36.6 Å². The van der Waals surface area contributed by atoms with E-state index in [-0.39, 0.29) is 5.82 Å². The summed E-state index contributed by atoms with van der Waals surface area (Å²) in [5, 5.41) is 14.2. The van der Waals surface area contributed by atoms with Crippen molar-refractivity contribution in [2.24, 2.45) is 0 Å². The highest BCUT2D eigenvalue weighted by Gasteiger charge is 2.38. The predicted octanol–water partition coefficient (Wildman–Crippen LogP) is 4.52. The second-order valence-corrected chi connectivity index (χ2v) is 8.83. The average molecular weight is 616 g/mol. The van der Waals surface area contributed by atoms with Gasteiger partial charge in [0.15, 0.2) is 11.5 Å². The fourth-order valence-corrected chi connectivity index (χ4v) is 3.86. The standard InChI is InChI=1S/C22H21FN6.2C2HF3O2/c23-19-5-1-4-18(13-19)20-15-26-22-21(25-7-8-29(20)22)28-11-9-27(10-12-28)16-17-3-2-6-24-14-17;2*3-2(4,5)1(6)7/h1-8,13-15H,9-12,16H2;2*(H,6,7). The van der Waals surface area contributed by atoms with Crippen LogP contribution in [0.3, 0.4) is 0 Å². The first-order valence-electron chi connectivity index (χ1n) is 12.2. The monoisotopic (exact) mass is 616 g/mol. The van der Waals surface area contributed by atoms with E-state index in [1.54, 1.807) is 24.7 Å². The molecule has 1 aliphatic heterocycles. The Bertz CT molecular complexity index is 1500. The summed E-state index contributed by atoms with van der Waals surface area (Å²) in [5.74, 6) is -4.90. The van der Waals surface area contributed by atoms with Crippen molar-refractivity contribution in [3.63, 3.8) is 0 Å². The third-order valence-corrected chi connectivity index (χ3v) is 5.82.